The molecule has 1 rings (SSSR count). The van der Waals surface area contributed by atoms with Gasteiger partial charge in [-0.05, 0) is 18.9 Å². The molecule has 3 nitrogen and oxygen atoms in total. The largest absolute Gasteiger partial charge is 0.393 e. The molecule has 0 saturated carbocycles. The number of likely N-dealkylation sites (N-methyl/N-ethyl adjacent to an activating group) is 1. The topological polar surface area (TPSA) is 40.5 Å². The summed E-state index contributed by atoms with van der Waals surface area (Å²) in [5.74, 6) is -0.140. The first kappa shape index (κ1) is 14.0. The lowest BCUT2D eigenvalue weighted by Gasteiger charge is -2.21. The molecule has 0 aliphatic carbocycles. The Kier molecular flexibility index (Phi) is 5.45. The number of hydrogen-bond donors (Lipinski definition) is 1. The first-order chi connectivity index (χ1) is 8.02. The number of hydrogen-bond acceptors (Lipinski definition) is 2. The van der Waals surface area contributed by atoms with E-state index >= 15 is 0 Å². The molecule has 0 aromatic heterocycles. The van der Waals surface area contributed by atoms with Gasteiger partial charge in [-0.1, -0.05) is 30.3 Å². The SMILES string of the molecule is CC(O)CCN(C)C(=O)C(Cl)c1ccccc1. The molecule has 17 heavy (non-hydrogen) atoms. The van der Waals surface area contributed by atoms with E-state index in [1.165, 1.54) is 0 Å². The highest BCUT2D eigenvalue weighted by molar-refractivity contribution is 6.30. The molecule has 94 valence electrons. The molecule has 4 heteroatoms. The molecule has 0 bridgehead atoms. The highest BCUT2D eigenvalue weighted by Gasteiger charge is 2.21. The fourth-order valence-corrected chi connectivity index (χ4v) is 1.76. The van der Waals surface area contributed by atoms with E-state index < -0.39 is 11.5 Å². The average Bonchev–Trinajstić information content (AvgIpc) is 2.35. The Balaban J connectivity index is 2.57. The summed E-state index contributed by atoms with van der Waals surface area (Å²) in [5.41, 5.74) is 0.795. The quantitative estimate of drug-likeness (QED) is 0.820. The predicted molar refractivity (Wildman–Crippen MR) is 69.0 cm³/mol. The van der Waals surface area contributed by atoms with E-state index in [-0.39, 0.29) is 5.91 Å². The van der Waals surface area contributed by atoms with E-state index in [0.29, 0.717) is 13.0 Å². The lowest BCUT2D eigenvalue weighted by atomic mass is 10.1. The summed E-state index contributed by atoms with van der Waals surface area (Å²) >= 11 is 6.11. The fraction of sp³-hybridized carbons (Fsp3) is 0.462. The van der Waals surface area contributed by atoms with Crippen LogP contribution < -0.4 is 0 Å². The van der Waals surface area contributed by atoms with E-state index in [9.17, 15) is 4.79 Å². The molecule has 1 aromatic carbocycles. The van der Waals surface area contributed by atoms with Crippen LogP contribution >= 0.6 is 11.6 Å². The molecular formula is C13H18ClNO2. The molecule has 1 amide bonds. The maximum atomic E-state index is 12.0. The molecule has 0 fully saturated rings. The summed E-state index contributed by atoms with van der Waals surface area (Å²) in [5, 5.41) is 8.51. The van der Waals surface area contributed by atoms with Crippen molar-refractivity contribution in [3.05, 3.63) is 35.9 Å². The van der Waals surface area contributed by atoms with Gasteiger partial charge in [-0.3, -0.25) is 4.79 Å². The lowest BCUT2D eigenvalue weighted by molar-refractivity contribution is -0.129. The normalized spacial score (nSPS) is 14.1. The van der Waals surface area contributed by atoms with Gasteiger partial charge in [0.15, 0.2) is 0 Å². The Hall–Kier alpha value is -1.06. The summed E-state index contributed by atoms with van der Waals surface area (Å²) in [6.07, 6.45) is 0.149. The Bertz CT molecular complexity index is 354. The molecule has 0 saturated heterocycles. The number of benzene rings is 1. The molecule has 2 atom stereocenters. The molecule has 0 aliphatic rings. The number of aliphatic hydroxyl groups excluding tert-OH is 1. The van der Waals surface area contributed by atoms with Crippen molar-refractivity contribution in [1.82, 2.24) is 4.90 Å². The highest BCUT2D eigenvalue weighted by Crippen LogP contribution is 2.22. The van der Waals surface area contributed by atoms with Gasteiger partial charge in [-0.25, -0.2) is 0 Å². The van der Waals surface area contributed by atoms with Crippen LogP contribution in [0.4, 0.5) is 0 Å². The summed E-state index contributed by atoms with van der Waals surface area (Å²) in [7, 11) is 1.70. The van der Waals surface area contributed by atoms with Gasteiger partial charge in [0, 0.05) is 13.6 Å². The standard InChI is InChI=1S/C13H18ClNO2/c1-10(16)8-9-15(2)13(17)12(14)11-6-4-3-5-7-11/h3-7,10,12,16H,8-9H2,1-2H3. The van der Waals surface area contributed by atoms with E-state index in [0.717, 1.165) is 5.56 Å². The third-order valence-electron chi connectivity index (χ3n) is 2.57. The fourth-order valence-electron chi connectivity index (χ4n) is 1.45. The maximum Gasteiger partial charge on any atom is 0.244 e. The van der Waals surface area contributed by atoms with Gasteiger partial charge in [0.2, 0.25) is 5.91 Å². The number of rotatable bonds is 5. The van der Waals surface area contributed by atoms with Crippen LogP contribution in [0.2, 0.25) is 0 Å². The smallest absolute Gasteiger partial charge is 0.244 e. The molecule has 0 heterocycles. The van der Waals surface area contributed by atoms with Gasteiger partial charge in [0.05, 0.1) is 6.10 Å². The van der Waals surface area contributed by atoms with Crippen molar-refractivity contribution in [2.24, 2.45) is 0 Å². The van der Waals surface area contributed by atoms with Crippen LogP contribution in [0.25, 0.3) is 0 Å². The molecule has 1 N–H and O–H groups in total. The third kappa shape index (κ3) is 4.36. The zero-order valence-electron chi connectivity index (χ0n) is 10.1. The molecular weight excluding hydrogens is 238 g/mol. The van der Waals surface area contributed by atoms with Crippen LogP contribution in [0.15, 0.2) is 30.3 Å². The number of carbonyl (C=O) groups is 1. The van der Waals surface area contributed by atoms with Crippen LogP contribution in [-0.4, -0.2) is 35.6 Å². The van der Waals surface area contributed by atoms with Crippen molar-refractivity contribution >= 4 is 17.5 Å². The number of amides is 1. The van der Waals surface area contributed by atoms with Gasteiger partial charge in [0.1, 0.15) is 5.38 Å². The van der Waals surface area contributed by atoms with Gasteiger partial charge in [-0.2, -0.15) is 0 Å². The van der Waals surface area contributed by atoms with Crippen LogP contribution in [0.3, 0.4) is 0 Å². The Labute approximate surface area is 107 Å². The Morgan fingerprint density at radius 3 is 2.53 bits per heavy atom. The second-order valence-corrected chi connectivity index (χ2v) is 4.61. The molecule has 0 radical (unpaired) electrons. The highest BCUT2D eigenvalue weighted by atomic mass is 35.5. The summed E-state index contributed by atoms with van der Waals surface area (Å²) < 4.78 is 0. The Morgan fingerprint density at radius 2 is 2.00 bits per heavy atom. The second-order valence-electron chi connectivity index (χ2n) is 4.17. The maximum absolute atomic E-state index is 12.0. The number of nitrogens with zero attached hydrogens (tertiary/aromatic N) is 1. The van der Waals surface area contributed by atoms with Gasteiger partial charge >= 0.3 is 0 Å². The van der Waals surface area contributed by atoms with Gasteiger partial charge < -0.3 is 10.0 Å². The minimum absolute atomic E-state index is 0.140. The summed E-state index contributed by atoms with van der Waals surface area (Å²) in [4.78, 5) is 13.5. The van der Waals surface area contributed by atoms with E-state index in [1.54, 1.807) is 18.9 Å². The van der Waals surface area contributed by atoms with Crippen molar-refractivity contribution in [3.8, 4) is 0 Å². The minimum atomic E-state index is -0.657. The zero-order valence-corrected chi connectivity index (χ0v) is 10.9. The van der Waals surface area contributed by atoms with Crippen LogP contribution in [0.5, 0.6) is 0 Å². The van der Waals surface area contributed by atoms with Gasteiger partial charge in [0.25, 0.3) is 0 Å². The van der Waals surface area contributed by atoms with Gasteiger partial charge in [-0.15, -0.1) is 11.6 Å². The number of carbonyl (C=O) groups excluding carboxylic acids is 1. The molecule has 0 spiro atoms. The monoisotopic (exact) mass is 255 g/mol. The minimum Gasteiger partial charge on any atom is -0.393 e. The van der Waals surface area contributed by atoms with E-state index in [1.807, 2.05) is 30.3 Å². The molecule has 0 aliphatic heterocycles. The first-order valence-corrected chi connectivity index (χ1v) is 6.08. The average molecular weight is 256 g/mol. The van der Waals surface area contributed by atoms with Crippen molar-refractivity contribution in [2.45, 2.75) is 24.8 Å². The zero-order chi connectivity index (χ0) is 12.8. The van der Waals surface area contributed by atoms with E-state index in [4.69, 9.17) is 16.7 Å². The second kappa shape index (κ2) is 6.62. The van der Waals surface area contributed by atoms with Crippen LogP contribution in [0, 0.1) is 0 Å². The van der Waals surface area contributed by atoms with Crippen LogP contribution in [0.1, 0.15) is 24.3 Å². The Morgan fingerprint density at radius 1 is 1.41 bits per heavy atom. The third-order valence-corrected chi connectivity index (χ3v) is 3.01. The van der Waals surface area contributed by atoms with Crippen LogP contribution in [-0.2, 0) is 4.79 Å². The predicted octanol–water partition coefficient (Wildman–Crippen LogP) is 2.20. The summed E-state index contributed by atoms with van der Waals surface area (Å²) in [6, 6.07) is 9.26. The molecule has 2 unspecified atom stereocenters. The van der Waals surface area contributed by atoms with E-state index in [2.05, 4.69) is 0 Å². The van der Waals surface area contributed by atoms with Crippen molar-refractivity contribution in [2.75, 3.05) is 13.6 Å². The first-order valence-electron chi connectivity index (χ1n) is 5.64. The number of halogens is 1. The lowest BCUT2D eigenvalue weighted by Crippen LogP contribution is -2.32. The number of aliphatic hydroxyl groups is 1. The van der Waals surface area contributed by atoms with Crippen molar-refractivity contribution in [3.63, 3.8) is 0 Å². The summed E-state index contributed by atoms with van der Waals surface area (Å²) in [6.45, 7) is 2.21. The van der Waals surface area contributed by atoms with Crippen molar-refractivity contribution < 1.29 is 9.90 Å². The number of alkyl halides is 1. The molecule has 1 aromatic rings. The van der Waals surface area contributed by atoms with Crippen molar-refractivity contribution in [1.29, 1.82) is 0 Å².